The first-order valence-electron chi connectivity index (χ1n) is 19.5. The van der Waals surface area contributed by atoms with Gasteiger partial charge in [-0.25, -0.2) is 0 Å². The van der Waals surface area contributed by atoms with Crippen molar-refractivity contribution in [2.45, 2.75) is 159 Å². The average Bonchev–Trinajstić information content (AvgIpc) is 3.06. The van der Waals surface area contributed by atoms with E-state index in [-0.39, 0.29) is 0 Å². The Morgan fingerprint density at radius 2 is 0.717 bits per heavy atom. The van der Waals surface area contributed by atoms with Crippen molar-refractivity contribution in [1.29, 1.82) is 0 Å². The molecule has 0 N–H and O–H groups in total. The molecule has 0 atom stereocenters. The van der Waals surface area contributed by atoms with Gasteiger partial charge in [0.15, 0.2) is 0 Å². The molecule has 0 radical (unpaired) electrons. The SMILES string of the molecule is CC1CCC(C)CC1.CC1CCC(C)CC1.CCC1CCC(C)CC1.CCc1ccc(C)cc1.Cc1ccc2cc(C)ccc2c1. The second kappa shape index (κ2) is 22.5. The largest absolute Gasteiger partial charge is 0.0651 e. The van der Waals surface area contributed by atoms with Gasteiger partial charge < -0.3 is 0 Å². The first-order valence-corrected chi connectivity index (χ1v) is 19.5. The van der Waals surface area contributed by atoms with Gasteiger partial charge in [0.2, 0.25) is 0 Å². The molecular formula is C46H74. The fraction of sp³-hybridized carbons (Fsp3) is 0.652. The van der Waals surface area contributed by atoms with E-state index in [1.807, 2.05) is 0 Å². The summed E-state index contributed by atoms with van der Waals surface area (Å²) in [4.78, 5) is 0. The summed E-state index contributed by atoms with van der Waals surface area (Å²) in [5, 5.41) is 2.67. The van der Waals surface area contributed by atoms with E-state index in [0.717, 1.165) is 41.9 Å². The molecule has 3 aliphatic rings. The smallest absolute Gasteiger partial charge is 0.0181 e. The molecule has 258 valence electrons. The van der Waals surface area contributed by atoms with E-state index in [1.165, 1.54) is 116 Å². The number of benzene rings is 3. The van der Waals surface area contributed by atoms with Crippen molar-refractivity contribution in [2.24, 2.45) is 35.5 Å². The number of hydrogen-bond acceptors (Lipinski definition) is 0. The first-order chi connectivity index (χ1) is 22.0. The number of rotatable bonds is 2. The topological polar surface area (TPSA) is 0 Å². The lowest BCUT2D eigenvalue weighted by Gasteiger charge is -2.24. The molecule has 3 saturated carbocycles. The van der Waals surface area contributed by atoms with Crippen LogP contribution in [-0.4, -0.2) is 0 Å². The summed E-state index contributed by atoms with van der Waals surface area (Å²) in [5.41, 5.74) is 5.41. The van der Waals surface area contributed by atoms with Crippen molar-refractivity contribution in [1.82, 2.24) is 0 Å². The van der Waals surface area contributed by atoms with Crippen molar-refractivity contribution >= 4 is 10.8 Å². The van der Waals surface area contributed by atoms with E-state index in [1.54, 1.807) is 0 Å². The van der Waals surface area contributed by atoms with Gasteiger partial charge in [-0.3, -0.25) is 0 Å². The zero-order valence-corrected chi connectivity index (χ0v) is 32.1. The molecule has 3 aliphatic carbocycles. The lowest BCUT2D eigenvalue weighted by molar-refractivity contribution is 0.284. The van der Waals surface area contributed by atoms with E-state index in [2.05, 4.69) is 130 Å². The van der Waals surface area contributed by atoms with Gasteiger partial charge in [-0.15, -0.1) is 0 Å². The predicted octanol–water partition coefficient (Wildman–Crippen LogP) is 14.9. The van der Waals surface area contributed by atoms with Crippen molar-refractivity contribution < 1.29 is 0 Å². The Hall–Kier alpha value is -2.08. The van der Waals surface area contributed by atoms with Crippen LogP contribution in [0.5, 0.6) is 0 Å². The van der Waals surface area contributed by atoms with Crippen LogP contribution < -0.4 is 0 Å². The number of hydrogen-bond donors (Lipinski definition) is 0. The molecule has 46 heavy (non-hydrogen) atoms. The third-order valence-corrected chi connectivity index (χ3v) is 11.0. The van der Waals surface area contributed by atoms with Crippen LogP contribution >= 0.6 is 0 Å². The Balaban J connectivity index is 0.000000202. The molecule has 6 rings (SSSR count). The van der Waals surface area contributed by atoms with Crippen LogP contribution in [0, 0.1) is 56.3 Å². The van der Waals surface area contributed by atoms with Crippen molar-refractivity contribution in [3.63, 3.8) is 0 Å². The molecule has 3 aromatic carbocycles. The summed E-state index contributed by atoms with van der Waals surface area (Å²) in [6.45, 7) is 22.7. The maximum atomic E-state index is 2.38. The zero-order chi connectivity index (χ0) is 33.9. The zero-order valence-electron chi connectivity index (χ0n) is 32.1. The average molecular weight is 627 g/mol. The summed E-state index contributed by atoms with van der Waals surface area (Å²) in [6.07, 6.45) is 20.3. The molecule has 0 heterocycles. The molecule has 3 aromatic rings. The number of aryl methyl sites for hydroxylation is 4. The van der Waals surface area contributed by atoms with Crippen LogP contribution in [0.2, 0.25) is 0 Å². The van der Waals surface area contributed by atoms with Gasteiger partial charge >= 0.3 is 0 Å². The summed E-state index contributed by atoms with van der Waals surface area (Å²) >= 11 is 0. The second-order valence-corrected chi connectivity index (χ2v) is 16.0. The van der Waals surface area contributed by atoms with Crippen LogP contribution in [-0.2, 0) is 6.42 Å². The Morgan fingerprint density at radius 3 is 1.02 bits per heavy atom. The van der Waals surface area contributed by atoms with Gasteiger partial charge in [0.1, 0.15) is 0 Å². The fourth-order valence-corrected chi connectivity index (χ4v) is 6.90. The van der Waals surface area contributed by atoms with Gasteiger partial charge in [0.05, 0.1) is 0 Å². The Kier molecular flexibility index (Phi) is 19.6. The Morgan fingerprint density at radius 1 is 0.413 bits per heavy atom. The molecule has 0 amide bonds. The number of fused-ring (bicyclic) bond motifs is 1. The maximum Gasteiger partial charge on any atom is -0.0181 e. The molecule has 0 bridgehead atoms. The fourth-order valence-electron chi connectivity index (χ4n) is 6.90. The summed E-state index contributed by atoms with van der Waals surface area (Å²) in [7, 11) is 0. The van der Waals surface area contributed by atoms with Crippen LogP contribution in [0.1, 0.15) is 154 Å². The van der Waals surface area contributed by atoms with Gasteiger partial charge in [0.25, 0.3) is 0 Å². The Bertz CT molecular complexity index is 1080. The molecular weight excluding hydrogens is 553 g/mol. The minimum absolute atomic E-state index is 1.02. The van der Waals surface area contributed by atoms with Crippen LogP contribution in [0.3, 0.4) is 0 Å². The van der Waals surface area contributed by atoms with E-state index in [4.69, 9.17) is 0 Å². The molecule has 0 saturated heterocycles. The highest BCUT2D eigenvalue weighted by molar-refractivity contribution is 5.83. The minimum atomic E-state index is 1.02. The van der Waals surface area contributed by atoms with E-state index >= 15 is 0 Å². The Labute approximate surface area is 287 Å². The molecule has 0 nitrogen and oxygen atoms in total. The highest BCUT2D eigenvalue weighted by Gasteiger charge is 2.16. The van der Waals surface area contributed by atoms with Gasteiger partial charge in [-0.05, 0) is 79.0 Å². The van der Waals surface area contributed by atoms with Gasteiger partial charge in [-0.2, -0.15) is 0 Å². The molecule has 0 spiro atoms. The van der Waals surface area contributed by atoms with Crippen LogP contribution in [0.15, 0.2) is 60.7 Å². The lowest BCUT2D eigenvalue weighted by atomic mass is 9.82. The third-order valence-electron chi connectivity index (χ3n) is 11.0. The lowest BCUT2D eigenvalue weighted by Crippen LogP contribution is -2.10. The first kappa shape index (κ1) is 40.1. The molecule has 0 aliphatic heterocycles. The highest BCUT2D eigenvalue weighted by atomic mass is 14.2. The van der Waals surface area contributed by atoms with Gasteiger partial charge in [0, 0.05) is 0 Å². The quantitative estimate of drug-likeness (QED) is 0.265. The summed E-state index contributed by atoms with van der Waals surface area (Å²) < 4.78 is 0. The van der Waals surface area contributed by atoms with Crippen molar-refractivity contribution in [3.8, 4) is 0 Å². The van der Waals surface area contributed by atoms with E-state index in [0.29, 0.717) is 0 Å². The predicted molar refractivity (Wildman–Crippen MR) is 209 cm³/mol. The standard InChI is InChI=1S/C12H12.C9H18.C9H12.2C8H16/c1-9-3-5-12-8-10(2)4-6-11(12)7-9;2*1-3-9-6-4-8(2)5-7-9;2*1-7-3-5-8(2)6-4-7/h3-8H,1-2H3;8-9H,3-7H2,1-2H3;4-7H,3H2,1-2H3;2*7-8H,3-6H2,1-2H3. The summed E-state index contributed by atoms with van der Waals surface area (Å²) in [5.74, 6) is 6.17. The van der Waals surface area contributed by atoms with Crippen molar-refractivity contribution in [3.05, 3.63) is 82.9 Å². The van der Waals surface area contributed by atoms with Crippen LogP contribution in [0.4, 0.5) is 0 Å². The maximum absolute atomic E-state index is 2.38. The van der Waals surface area contributed by atoms with Crippen LogP contribution in [0.25, 0.3) is 10.8 Å². The molecule has 3 fully saturated rings. The third kappa shape index (κ3) is 17.2. The normalized spacial score (nSPS) is 25.6. The van der Waals surface area contributed by atoms with E-state index in [9.17, 15) is 0 Å². The molecule has 0 unspecified atom stereocenters. The molecule has 0 aromatic heterocycles. The molecule has 0 heteroatoms. The van der Waals surface area contributed by atoms with Gasteiger partial charge in [-0.1, -0.05) is 209 Å². The minimum Gasteiger partial charge on any atom is -0.0651 e. The second-order valence-electron chi connectivity index (χ2n) is 16.0. The highest BCUT2D eigenvalue weighted by Crippen LogP contribution is 2.30. The summed E-state index contributed by atoms with van der Waals surface area (Å²) in [6, 6.07) is 21.8. The monoisotopic (exact) mass is 627 g/mol. The van der Waals surface area contributed by atoms with E-state index < -0.39 is 0 Å². The van der Waals surface area contributed by atoms with Crippen molar-refractivity contribution in [2.75, 3.05) is 0 Å².